The molecule has 0 aliphatic carbocycles. The fourth-order valence-electron chi connectivity index (χ4n) is 9.96. The summed E-state index contributed by atoms with van der Waals surface area (Å²) >= 11 is 0. The lowest BCUT2D eigenvalue weighted by Gasteiger charge is -2.30. The quantitative estimate of drug-likeness (QED) is 0.0212. The number of likely N-dealkylation sites (N-methyl/N-ethyl adjacent to an activating group) is 1. The van der Waals surface area contributed by atoms with Gasteiger partial charge in [0, 0.05) is 12.8 Å². The van der Waals surface area contributed by atoms with Crippen molar-refractivity contribution in [2.45, 2.75) is 341 Å². The molecule has 0 bridgehead atoms. The Balaban J connectivity index is 5.07. The van der Waals surface area contributed by atoms with E-state index in [4.69, 9.17) is 13.8 Å². The number of carbonyl (C=O) groups excluding carboxylic acids is 2. The monoisotopic (exact) mass is 1130 g/mol. The van der Waals surface area contributed by atoms with Crippen molar-refractivity contribution in [1.82, 2.24) is 5.32 Å². The van der Waals surface area contributed by atoms with Gasteiger partial charge in [-0.05, 0) is 89.5 Å². The minimum absolute atomic E-state index is 0.0226. The Bertz CT molecular complexity index is 1490. The maximum Gasteiger partial charge on any atom is 0.306 e. The van der Waals surface area contributed by atoms with Gasteiger partial charge in [0.2, 0.25) is 5.91 Å². The zero-order valence-electron chi connectivity index (χ0n) is 53.1. The number of unbranched alkanes of at least 4 members (excludes halogenated alkanes) is 40. The molecule has 0 saturated heterocycles. The van der Waals surface area contributed by atoms with Gasteiger partial charge in [-0.3, -0.25) is 14.2 Å². The van der Waals surface area contributed by atoms with Crippen LogP contribution in [0, 0.1) is 0 Å². The molecule has 0 aliphatic rings. The Morgan fingerprint density at radius 1 is 0.443 bits per heavy atom. The molecule has 0 fully saturated rings. The number of esters is 1. The number of hydrogen-bond acceptors (Lipinski definition) is 7. The first kappa shape index (κ1) is 77.0. The molecule has 0 aromatic rings. The number of amides is 1. The Hall–Kier alpha value is -2.03. The molecule has 0 saturated carbocycles. The van der Waals surface area contributed by atoms with Crippen molar-refractivity contribution in [3.63, 3.8) is 0 Å². The highest BCUT2D eigenvalue weighted by Crippen LogP contribution is 2.38. The normalized spacial score (nSPS) is 13.9. The molecule has 1 amide bonds. The third-order valence-electron chi connectivity index (χ3n) is 15.2. The molecular formula is C69H131N2O7P. The van der Waals surface area contributed by atoms with Crippen molar-refractivity contribution in [3.05, 3.63) is 48.6 Å². The number of hydrogen-bond donors (Lipinski definition) is 1. The van der Waals surface area contributed by atoms with Crippen LogP contribution in [0.3, 0.4) is 0 Å². The predicted octanol–water partition coefficient (Wildman–Crippen LogP) is 20.6. The zero-order valence-corrected chi connectivity index (χ0v) is 54.0. The molecule has 10 heteroatoms. The summed E-state index contributed by atoms with van der Waals surface area (Å²) in [7, 11) is 1.19. The van der Waals surface area contributed by atoms with Crippen molar-refractivity contribution in [2.24, 2.45) is 0 Å². The summed E-state index contributed by atoms with van der Waals surface area (Å²) < 4.78 is 30.4. The standard InChI is InChI=1S/C69H131N2O7P/c1-7-10-13-16-19-22-25-28-30-32-33-34-35-36-37-38-39-40-42-44-47-50-53-56-59-62-69(73)78-67(60-57-54-51-48-45-27-24-21-18-15-12-9-3)66(65-77-79(74,75)76-64-63-71(4,5)6)70-68(72)61-58-55-52-49-46-43-41-31-29-26-23-20-17-14-11-8-2/h19,22,28,30-31,41,57,60,66-67H,7-18,20-21,23-27,29,32-40,42-56,58-59,61-65H2,1-6H3,(H-,70,72,74,75)/b22-19-,30-28-,41-31+,60-57-. The van der Waals surface area contributed by atoms with Crippen LogP contribution in [0.2, 0.25) is 0 Å². The molecule has 79 heavy (non-hydrogen) atoms. The summed E-state index contributed by atoms with van der Waals surface area (Å²) in [5.74, 6) is -0.538. The van der Waals surface area contributed by atoms with Crippen molar-refractivity contribution >= 4 is 19.7 Å². The van der Waals surface area contributed by atoms with Crippen LogP contribution in [-0.4, -0.2) is 69.4 Å². The highest BCUT2D eigenvalue weighted by molar-refractivity contribution is 7.45. The fraction of sp³-hybridized carbons (Fsp3) is 0.855. The lowest BCUT2D eigenvalue weighted by molar-refractivity contribution is -0.870. The van der Waals surface area contributed by atoms with Gasteiger partial charge < -0.3 is 28.5 Å². The molecule has 9 nitrogen and oxygen atoms in total. The van der Waals surface area contributed by atoms with Crippen molar-refractivity contribution in [1.29, 1.82) is 0 Å². The number of nitrogens with zero attached hydrogens (tertiary/aromatic N) is 1. The lowest BCUT2D eigenvalue weighted by atomic mass is 10.0. The van der Waals surface area contributed by atoms with Gasteiger partial charge >= 0.3 is 5.97 Å². The van der Waals surface area contributed by atoms with E-state index in [0.717, 1.165) is 83.5 Å². The first-order chi connectivity index (χ1) is 38.4. The smallest absolute Gasteiger partial charge is 0.306 e. The Morgan fingerprint density at radius 3 is 1.18 bits per heavy atom. The molecule has 0 heterocycles. The van der Waals surface area contributed by atoms with Crippen LogP contribution in [0.15, 0.2) is 48.6 Å². The summed E-state index contributed by atoms with van der Waals surface area (Å²) in [5.41, 5.74) is 0. The van der Waals surface area contributed by atoms with Gasteiger partial charge in [-0.2, -0.15) is 0 Å². The van der Waals surface area contributed by atoms with Crippen LogP contribution < -0.4 is 10.2 Å². The van der Waals surface area contributed by atoms with Crippen molar-refractivity contribution < 1.29 is 37.3 Å². The first-order valence-electron chi connectivity index (χ1n) is 33.9. The number of carbonyl (C=O) groups is 2. The number of phosphoric ester groups is 1. The van der Waals surface area contributed by atoms with E-state index in [9.17, 15) is 19.0 Å². The summed E-state index contributed by atoms with van der Waals surface area (Å²) in [6.07, 6.45) is 73.7. The van der Waals surface area contributed by atoms with E-state index in [2.05, 4.69) is 62.5 Å². The summed E-state index contributed by atoms with van der Waals surface area (Å²) in [4.78, 5) is 40.1. The molecule has 3 atom stereocenters. The van der Waals surface area contributed by atoms with E-state index >= 15 is 0 Å². The minimum atomic E-state index is -4.70. The summed E-state index contributed by atoms with van der Waals surface area (Å²) in [6, 6.07) is -0.891. The maximum atomic E-state index is 13.5. The summed E-state index contributed by atoms with van der Waals surface area (Å²) in [6.45, 7) is 6.85. The fourth-order valence-corrected chi connectivity index (χ4v) is 10.7. The van der Waals surface area contributed by atoms with Gasteiger partial charge in [-0.1, -0.05) is 275 Å². The second kappa shape index (κ2) is 59.1. The minimum Gasteiger partial charge on any atom is -0.756 e. The molecule has 0 rings (SSSR count). The van der Waals surface area contributed by atoms with E-state index in [-0.39, 0.29) is 31.5 Å². The maximum absolute atomic E-state index is 13.5. The van der Waals surface area contributed by atoms with Gasteiger partial charge in [-0.15, -0.1) is 0 Å². The van der Waals surface area contributed by atoms with E-state index in [1.54, 1.807) is 0 Å². The van der Waals surface area contributed by atoms with Gasteiger partial charge in [-0.25, -0.2) is 0 Å². The van der Waals surface area contributed by atoms with Gasteiger partial charge in [0.1, 0.15) is 19.3 Å². The van der Waals surface area contributed by atoms with Gasteiger partial charge in [0.15, 0.2) is 0 Å². The van der Waals surface area contributed by atoms with Crippen LogP contribution in [-0.2, 0) is 27.9 Å². The highest BCUT2D eigenvalue weighted by atomic mass is 31.2. The number of nitrogens with one attached hydrogen (secondary N) is 1. The topological polar surface area (TPSA) is 114 Å². The van der Waals surface area contributed by atoms with Crippen LogP contribution >= 0.6 is 7.82 Å². The largest absolute Gasteiger partial charge is 0.756 e. The second-order valence-corrected chi connectivity index (χ2v) is 25.7. The molecule has 0 aromatic carbocycles. The average Bonchev–Trinajstić information content (AvgIpc) is 3.41. The molecule has 0 radical (unpaired) electrons. The van der Waals surface area contributed by atoms with E-state index in [0.29, 0.717) is 17.4 Å². The van der Waals surface area contributed by atoms with Crippen LogP contribution in [0.4, 0.5) is 0 Å². The van der Waals surface area contributed by atoms with Crippen molar-refractivity contribution in [3.8, 4) is 0 Å². The van der Waals surface area contributed by atoms with E-state index < -0.39 is 20.0 Å². The number of quaternary nitrogens is 1. The number of allylic oxidation sites excluding steroid dienone is 7. The predicted molar refractivity (Wildman–Crippen MR) is 339 cm³/mol. The highest BCUT2D eigenvalue weighted by Gasteiger charge is 2.27. The molecule has 0 aliphatic heterocycles. The second-order valence-electron chi connectivity index (χ2n) is 24.3. The van der Waals surface area contributed by atoms with Gasteiger partial charge in [0.05, 0.1) is 33.8 Å². The Kier molecular flexibility index (Phi) is 57.6. The Labute approximate surface area is 490 Å². The Morgan fingerprint density at radius 2 is 0.772 bits per heavy atom. The number of ether oxygens (including phenoxy) is 1. The first-order valence-corrected chi connectivity index (χ1v) is 35.4. The molecular weight excluding hydrogens is 1000 g/mol. The molecule has 464 valence electrons. The SMILES string of the molecule is CCCCC/C=C\C/C=C\CCCCCCCCCCCCCCCCCC(=O)OC(/C=C\CCCCCCCCCCCC)C(COP(=O)([O-])OCC[N+](C)(C)C)NC(=O)CCCCCCC/C=C/CCCCCCCCC. The van der Waals surface area contributed by atoms with Crippen molar-refractivity contribution in [2.75, 3.05) is 40.9 Å². The molecule has 0 spiro atoms. The molecule has 1 N–H and O–H groups in total. The third kappa shape index (κ3) is 60.4. The van der Waals surface area contributed by atoms with E-state index in [1.807, 2.05) is 33.3 Å². The van der Waals surface area contributed by atoms with Gasteiger partial charge in [0.25, 0.3) is 7.82 Å². The number of rotatable bonds is 62. The van der Waals surface area contributed by atoms with Crippen LogP contribution in [0.5, 0.6) is 0 Å². The van der Waals surface area contributed by atoms with Crippen LogP contribution in [0.1, 0.15) is 329 Å². The van der Waals surface area contributed by atoms with Crippen LogP contribution in [0.25, 0.3) is 0 Å². The zero-order chi connectivity index (χ0) is 57.9. The molecule has 3 unspecified atom stereocenters. The molecule has 0 aromatic heterocycles. The third-order valence-corrected chi connectivity index (χ3v) is 16.2. The van der Waals surface area contributed by atoms with E-state index in [1.165, 1.54) is 212 Å². The summed E-state index contributed by atoms with van der Waals surface area (Å²) in [5, 5.41) is 3.03. The number of phosphoric acid groups is 1. The lowest BCUT2D eigenvalue weighted by Crippen LogP contribution is -2.47. The average molecular weight is 1130 g/mol.